The Bertz CT molecular complexity index is 1290. The summed E-state index contributed by atoms with van der Waals surface area (Å²) in [4.78, 5) is 39.2. The third-order valence-electron chi connectivity index (χ3n) is 4.80. The number of halogens is 4. The first kappa shape index (κ1) is 24.2. The van der Waals surface area contributed by atoms with Gasteiger partial charge in [0.15, 0.2) is 5.69 Å². The summed E-state index contributed by atoms with van der Waals surface area (Å²) in [6.45, 7) is 3.03. The summed E-state index contributed by atoms with van der Waals surface area (Å²) in [6.07, 6.45) is -4.68. The van der Waals surface area contributed by atoms with Crippen molar-refractivity contribution in [3.05, 3.63) is 69.1 Å². The number of amides is 2. The fourth-order valence-corrected chi connectivity index (χ4v) is 3.43. The molecule has 7 nitrogen and oxygen atoms in total. The summed E-state index contributed by atoms with van der Waals surface area (Å²) in [5.74, 6) is -1.34. The third-order valence-corrected chi connectivity index (χ3v) is 5.13. The molecule has 1 heterocycles. The minimum absolute atomic E-state index is 0.0138. The summed E-state index contributed by atoms with van der Waals surface area (Å²) in [6, 6.07) is 9.16. The Kier molecular flexibility index (Phi) is 6.78. The lowest BCUT2D eigenvalue weighted by molar-refractivity contribution is -0.137. The number of fused-ring (bicyclic) bond motifs is 1. The number of rotatable bonds is 5. The lowest BCUT2D eigenvalue weighted by Gasteiger charge is -2.19. The van der Waals surface area contributed by atoms with Crippen LogP contribution in [0.5, 0.6) is 0 Å². The van der Waals surface area contributed by atoms with Crippen molar-refractivity contribution in [2.24, 2.45) is 0 Å². The number of benzene rings is 2. The van der Waals surface area contributed by atoms with E-state index in [-0.39, 0.29) is 23.0 Å². The minimum Gasteiger partial charge on any atom is -0.331 e. The lowest BCUT2D eigenvalue weighted by atomic mass is 10.1. The predicted octanol–water partition coefficient (Wildman–Crippen LogP) is 4.36. The standard InChI is InChI=1S/C22H20ClF3N4O3/c1-12(2)30-20(32)15-7-5-4-6-14(15)19(28-30)21(33)29(3)11-18(31)27-13-8-9-17(23)16(10-13)22(24,25)26/h4-10,12H,11H2,1-3H3,(H,27,31). The number of carbonyl (C=O) groups excluding carboxylic acids is 2. The quantitative estimate of drug-likeness (QED) is 0.588. The molecule has 1 aromatic heterocycles. The van der Waals surface area contributed by atoms with Crippen LogP contribution in [-0.2, 0) is 11.0 Å². The Morgan fingerprint density at radius 1 is 1.15 bits per heavy atom. The lowest BCUT2D eigenvalue weighted by Crippen LogP contribution is -2.37. The maximum atomic E-state index is 13.1. The molecule has 0 atom stereocenters. The van der Waals surface area contributed by atoms with E-state index in [9.17, 15) is 27.6 Å². The molecule has 33 heavy (non-hydrogen) atoms. The zero-order valence-electron chi connectivity index (χ0n) is 17.9. The van der Waals surface area contributed by atoms with Crippen molar-refractivity contribution in [2.45, 2.75) is 26.1 Å². The first-order valence-corrected chi connectivity index (χ1v) is 10.2. The highest BCUT2D eigenvalue weighted by molar-refractivity contribution is 6.31. The number of aromatic nitrogens is 2. The first-order chi connectivity index (χ1) is 15.4. The molecule has 1 N–H and O–H groups in total. The molecular formula is C22H20ClF3N4O3. The molecular weight excluding hydrogens is 461 g/mol. The molecule has 0 fully saturated rings. The van der Waals surface area contributed by atoms with Gasteiger partial charge in [0.05, 0.1) is 28.6 Å². The Balaban J connectivity index is 1.84. The van der Waals surface area contributed by atoms with E-state index in [1.807, 2.05) is 0 Å². The number of nitrogens with zero attached hydrogens (tertiary/aromatic N) is 3. The van der Waals surface area contributed by atoms with Crippen molar-refractivity contribution < 1.29 is 22.8 Å². The van der Waals surface area contributed by atoms with Crippen LogP contribution < -0.4 is 10.9 Å². The van der Waals surface area contributed by atoms with Crippen molar-refractivity contribution in [2.75, 3.05) is 18.9 Å². The Morgan fingerprint density at radius 3 is 2.39 bits per heavy atom. The van der Waals surface area contributed by atoms with Crippen molar-refractivity contribution in [3.63, 3.8) is 0 Å². The molecule has 0 aliphatic rings. The Labute approximate surface area is 191 Å². The molecule has 0 saturated heterocycles. The largest absolute Gasteiger partial charge is 0.417 e. The minimum atomic E-state index is -4.68. The average molecular weight is 481 g/mol. The zero-order valence-corrected chi connectivity index (χ0v) is 18.7. The van der Waals surface area contributed by atoms with E-state index in [2.05, 4.69) is 10.4 Å². The second-order valence-electron chi connectivity index (χ2n) is 7.64. The zero-order chi connectivity index (χ0) is 24.5. The van der Waals surface area contributed by atoms with E-state index in [0.29, 0.717) is 10.8 Å². The molecule has 11 heteroatoms. The Morgan fingerprint density at radius 2 is 1.79 bits per heavy atom. The summed E-state index contributed by atoms with van der Waals surface area (Å²) < 4.78 is 40.3. The summed E-state index contributed by atoms with van der Waals surface area (Å²) >= 11 is 5.59. The van der Waals surface area contributed by atoms with Gasteiger partial charge in [-0.3, -0.25) is 14.4 Å². The fraction of sp³-hybridized carbons (Fsp3) is 0.273. The maximum Gasteiger partial charge on any atom is 0.417 e. The van der Waals surface area contributed by atoms with Gasteiger partial charge in [-0.2, -0.15) is 18.3 Å². The van der Waals surface area contributed by atoms with Crippen LogP contribution in [0.15, 0.2) is 47.3 Å². The normalized spacial score (nSPS) is 11.6. The first-order valence-electron chi connectivity index (χ1n) is 9.83. The summed E-state index contributed by atoms with van der Waals surface area (Å²) in [7, 11) is 1.35. The van der Waals surface area contributed by atoms with Gasteiger partial charge in [-0.25, -0.2) is 4.68 Å². The molecule has 0 bridgehead atoms. The average Bonchev–Trinajstić information content (AvgIpc) is 2.74. The van der Waals surface area contributed by atoms with E-state index >= 15 is 0 Å². The van der Waals surface area contributed by atoms with Crippen LogP contribution in [0.4, 0.5) is 18.9 Å². The molecule has 0 radical (unpaired) electrons. The van der Waals surface area contributed by atoms with Gasteiger partial charge < -0.3 is 10.2 Å². The van der Waals surface area contributed by atoms with Crippen LogP contribution in [0.2, 0.25) is 5.02 Å². The molecule has 0 aliphatic carbocycles. The van der Waals surface area contributed by atoms with Gasteiger partial charge in [0.25, 0.3) is 11.5 Å². The molecule has 2 aromatic carbocycles. The van der Waals surface area contributed by atoms with E-state index in [1.54, 1.807) is 38.1 Å². The van der Waals surface area contributed by atoms with Crippen LogP contribution in [0.1, 0.15) is 35.9 Å². The highest BCUT2D eigenvalue weighted by atomic mass is 35.5. The number of anilines is 1. The monoisotopic (exact) mass is 480 g/mol. The van der Waals surface area contributed by atoms with Crippen molar-refractivity contribution >= 4 is 39.9 Å². The number of hydrogen-bond donors (Lipinski definition) is 1. The molecule has 0 saturated carbocycles. The van der Waals surface area contributed by atoms with Gasteiger partial charge in [0, 0.05) is 18.1 Å². The van der Waals surface area contributed by atoms with Crippen molar-refractivity contribution in [1.29, 1.82) is 0 Å². The van der Waals surface area contributed by atoms with Crippen LogP contribution in [0.3, 0.4) is 0 Å². The van der Waals surface area contributed by atoms with Gasteiger partial charge in [-0.05, 0) is 38.1 Å². The van der Waals surface area contributed by atoms with Gasteiger partial charge in [0.2, 0.25) is 5.91 Å². The van der Waals surface area contributed by atoms with Crippen molar-refractivity contribution in [1.82, 2.24) is 14.7 Å². The predicted molar refractivity (Wildman–Crippen MR) is 118 cm³/mol. The summed E-state index contributed by atoms with van der Waals surface area (Å²) in [5, 5.41) is 6.68. The van der Waals surface area contributed by atoms with Gasteiger partial charge in [-0.15, -0.1) is 0 Å². The third kappa shape index (κ3) is 5.16. The Hall–Kier alpha value is -3.40. The van der Waals surface area contributed by atoms with E-state index < -0.39 is 35.1 Å². The topological polar surface area (TPSA) is 84.3 Å². The van der Waals surface area contributed by atoms with Crippen molar-refractivity contribution in [3.8, 4) is 0 Å². The SMILES string of the molecule is CC(C)n1nc(C(=O)N(C)CC(=O)Nc2ccc(Cl)c(C(F)(F)F)c2)c2ccccc2c1=O. The highest BCUT2D eigenvalue weighted by Crippen LogP contribution is 2.36. The number of alkyl halides is 3. The van der Waals surface area contributed by atoms with E-state index in [0.717, 1.165) is 17.0 Å². The van der Waals surface area contributed by atoms with Gasteiger partial charge >= 0.3 is 6.18 Å². The molecule has 0 aliphatic heterocycles. The number of likely N-dealkylation sites (N-methyl/N-ethyl adjacent to an activating group) is 1. The smallest absolute Gasteiger partial charge is 0.331 e. The number of carbonyl (C=O) groups is 2. The maximum absolute atomic E-state index is 13.1. The fourth-order valence-electron chi connectivity index (χ4n) is 3.20. The molecule has 0 unspecified atom stereocenters. The number of hydrogen-bond acceptors (Lipinski definition) is 4. The number of nitrogens with one attached hydrogen (secondary N) is 1. The molecule has 0 spiro atoms. The second-order valence-corrected chi connectivity index (χ2v) is 8.05. The molecule has 3 rings (SSSR count). The highest BCUT2D eigenvalue weighted by Gasteiger charge is 2.33. The molecule has 174 valence electrons. The van der Waals surface area contributed by atoms with Crippen LogP contribution >= 0.6 is 11.6 Å². The van der Waals surface area contributed by atoms with Crippen LogP contribution in [0.25, 0.3) is 10.8 Å². The summed E-state index contributed by atoms with van der Waals surface area (Å²) in [5.41, 5.74) is -1.56. The van der Waals surface area contributed by atoms with Gasteiger partial charge in [-0.1, -0.05) is 29.8 Å². The van der Waals surface area contributed by atoms with Gasteiger partial charge in [0.1, 0.15) is 0 Å². The van der Waals surface area contributed by atoms with E-state index in [1.165, 1.54) is 17.8 Å². The van der Waals surface area contributed by atoms with E-state index in [4.69, 9.17) is 11.6 Å². The molecule has 2 amide bonds. The second kappa shape index (κ2) is 9.22. The molecule has 3 aromatic rings. The van der Waals surface area contributed by atoms with Crippen LogP contribution in [0, 0.1) is 0 Å². The van der Waals surface area contributed by atoms with Crippen LogP contribution in [-0.4, -0.2) is 40.1 Å².